The van der Waals surface area contributed by atoms with Gasteiger partial charge in [-0.3, -0.25) is 15.0 Å². The summed E-state index contributed by atoms with van der Waals surface area (Å²) >= 11 is 0. The van der Waals surface area contributed by atoms with Crippen LogP contribution >= 0.6 is 0 Å². The number of terminal acetylenes is 1. The van der Waals surface area contributed by atoms with E-state index in [0.717, 1.165) is 16.1 Å². The maximum Gasteiger partial charge on any atom is 0.252 e. The van der Waals surface area contributed by atoms with Gasteiger partial charge in [0.15, 0.2) is 0 Å². The molecule has 0 unspecified atom stereocenters. The van der Waals surface area contributed by atoms with Crippen LogP contribution in [0.15, 0.2) is 95.9 Å². The van der Waals surface area contributed by atoms with Crippen LogP contribution in [0.4, 0.5) is 0 Å². The lowest BCUT2D eigenvalue weighted by atomic mass is 9.99. The summed E-state index contributed by atoms with van der Waals surface area (Å²) in [6.45, 7) is 3.97. The molecule has 2 amide bonds. The van der Waals surface area contributed by atoms with Crippen molar-refractivity contribution in [2.75, 3.05) is 19.6 Å². The zero-order chi connectivity index (χ0) is 32.0. The van der Waals surface area contributed by atoms with E-state index in [4.69, 9.17) is 6.42 Å². The second-order valence-electron chi connectivity index (χ2n) is 10.9. The van der Waals surface area contributed by atoms with Gasteiger partial charge in [0.25, 0.3) is 5.91 Å². The summed E-state index contributed by atoms with van der Waals surface area (Å²) in [6.07, 6.45) is 4.29. The Morgan fingerprint density at radius 3 is 2.02 bits per heavy atom. The molecule has 10 heteroatoms. The van der Waals surface area contributed by atoms with Gasteiger partial charge in [0.05, 0.1) is 23.6 Å². The molecule has 3 aromatic carbocycles. The monoisotopic (exact) mass is 618 g/mol. The second-order valence-corrected chi connectivity index (χ2v) is 12.9. The summed E-state index contributed by atoms with van der Waals surface area (Å²) in [5.74, 6) is 1.43. The summed E-state index contributed by atoms with van der Waals surface area (Å²) < 4.78 is 28.6. The van der Waals surface area contributed by atoms with Gasteiger partial charge >= 0.3 is 0 Å². The Morgan fingerprint density at radius 1 is 0.886 bits per heavy atom. The summed E-state index contributed by atoms with van der Waals surface area (Å²) in [4.78, 5) is 26.7. The quantitative estimate of drug-likeness (QED) is 0.167. The summed E-state index contributed by atoms with van der Waals surface area (Å²) in [7, 11) is -3.97. The molecule has 0 saturated heterocycles. The third-order valence-electron chi connectivity index (χ3n) is 6.86. The number of hydrogen-bond acceptors (Lipinski definition) is 6. The van der Waals surface area contributed by atoms with E-state index in [1.807, 2.05) is 74.5 Å². The van der Waals surface area contributed by atoms with E-state index in [-0.39, 0.29) is 49.7 Å². The number of sulfonamides is 1. The van der Waals surface area contributed by atoms with Crippen molar-refractivity contribution >= 4 is 21.8 Å². The van der Waals surface area contributed by atoms with Crippen LogP contribution in [0, 0.1) is 18.3 Å². The summed E-state index contributed by atoms with van der Waals surface area (Å²) in [5, 5.41) is 15.9. The lowest BCUT2D eigenvalue weighted by molar-refractivity contribution is -0.147. The number of benzene rings is 3. The van der Waals surface area contributed by atoms with Crippen LogP contribution in [-0.2, 0) is 32.6 Å². The molecular formula is C34H42N4O5S. The predicted octanol–water partition coefficient (Wildman–Crippen LogP) is 3.37. The van der Waals surface area contributed by atoms with Crippen molar-refractivity contribution in [3.05, 3.63) is 102 Å². The third kappa shape index (κ3) is 10.6. The first kappa shape index (κ1) is 34.5. The number of carbonyl (C=O) groups is 2. The molecule has 0 spiro atoms. The van der Waals surface area contributed by atoms with Crippen molar-refractivity contribution in [2.24, 2.45) is 5.92 Å². The minimum absolute atomic E-state index is 0.0444. The number of carbonyl (C=O) groups excluding carboxylic acids is 2. The van der Waals surface area contributed by atoms with Crippen LogP contribution in [-0.4, -0.2) is 66.4 Å². The number of aliphatic hydroxyl groups is 1. The van der Waals surface area contributed by atoms with Crippen molar-refractivity contribution in [2.45, 2.75) is 56.7 Å². The smallest absolute Gasteiger partial charge is 0.252 e. The average Bonchev–Trinajstić information content (AvgIpc) is 3.02. The molecule has 0 heterocycles. The van der Waals surface area contributed by atoms with Crippen LogP contribution in [0.1, 0.15) is 37.8 Å². The Morgan fingerprint density at radius 2 is 1.45 bits per heavy atom. The molecule has 0 aromatic heterocycles. The Kier molecular flexibility index (Phi) is 13.6. The van der Waals surface area contributed by atoms with Gasteiger partial charge in [0.2, 0.25) is 15.9 Å². The molecule has 0 radical (unpaired) electrons. The van der Waals surface area contributed by atoms with E-state index in [1.165, 1.54) is 16.4 Å². The van der Waals surface area contributed by atoms with E-state index < -0.39 is 34.0 Å². The molecule has 0 fully saturated rings. The van der Waals surface area contributed by atoms with Gasteiger partial charge in [0.1, 0.15) is 0 Å². The number of nitrogens with zero attached hydrogens (tertiary/aromatic N) is 2. The largest absolute Gasteiger partial charge is 0.390 e. The van der Waals surface area contributed by atoms with E-state index in [9.17, 15) is 23.1 Å². The molecule has 0 aliphatic heterocycles. The van der Waals surface area contributed by atoms with Crippen molar-refractivity contribution in [1.29, 1.82) is 0 Å². The molecule has 3 rings (SSSR count). The van der Waals surface area contributed by atoms with E-state index in [0.29, 0.717) is 6.54 Å². The highest BCUT2D eigenvalue weighted by atomic mass is 32.2. The first-order valence-electron chi connectivity index (χ1n) is 14.7. The minimum atomic E-state index is -3.97. The molecule has 2 atom stereocenters. The molecule has 0 bridgehead atoms. The first-order valence-corrected chi connectivity index (χ1v) is 16.1. The number of amides is 2. The summed E-state index contributed by atoms with van der Waals surface area (Å²) in [5.41, 5.74) is 4.47. The number of rotatable bonds is 16. The van der Waals surface area contributed by atoms with E-state index in [2.05, 4.69) is 16.7 Å². The standard InChI is InChI=1S/C34H42N4O5S/c1-4-5-21-34(41)38(36-33(40)24-35-23-29-17-11-7-12-18-29)31(22-28-15-9-6-10-16-28)32(39)26-37(25-27(2)3)44(42,43)30-19-13-8-14-20-30/h1,6-20,27,31-32,35,39H,5,21-26H2,2-3H3,(H,36,40)/t31-,32+/m0/s1. The highest BCUT2D eigenvalue weighted by molar-refractivity contribution is 7.89. The number of nitrogens with one attached hydrogen (secondary N) is 2. The van der Waals surface area contributed by atoms with Crippen LogP contribution in [0.5, 0.6) is 0 Å². The first-order chi connectivity index (χ1) is 21.1. The van der Waals surface area contributed by atoms with Gasteiger partial charge in [-0.05, 0) is 35.6 Å². The molecule has 0 aliphatic carbocycles. The van der Waals surface area contributed by atoms with Crippen molar-refractivity contribution in [3.63, 3.8) is 0 Å². The minimum Gasteiger partial charge on any atom is -0.390 e. The topological polar surface area (TPSA) is 119 Å². The molecule has 0 aliphatic rings. The molecule has 9 nitrogen and oxygen atoms in total. The fourth-order valence-electron chi connectivity index (χ4n) is 4.72. The lowest BCUT2D eigenvalue weighted by Gasteiger charge is -2.37. The van der Waals surface area contributed by atoms with E-state index in [1.54, 1.807) is 18.2 Å². The Labute approximate surface area is 261 Å². The van der Waals surface area contributed by atoms with Crippen LogP contribution in [0.25, 0.3) is 0 Å². The van der Waals surface area contributed by atoms with Gasteiger partial charge in [0, 0.05) is 32.5 Å². The number of hydrogen-bond donors (Lipinski definition) is 3. The van der Waals surface area contributed by atoms with Crippen molar-refractivity contribution in [1.82, 2.24) is 20.1 Å². The Hall–Kier alpha value is -4.01. The molecule has 3 N–H and O–H groups in total. The predicted molar refractivity (Wildman–Crippen MR) is 171 cm³/mol. The van der Waals surface area contributed by atoms with Gasteiger partial charge in [-0.2, -0.15) is 4.31 Å². The van der Waals surface area contributed by atoms with Gasteiger partial charge < -0.3 is 10.4 Å². The van der Waals surface area contributed by atoms with Gasteiger partial charge in [-0.1, -0.05) is 92.7 Å². The average molecular weight is 619 g/mol. The lowest BCUT2D eigenvalue weighted by Crippen LogP contribution is -2.60. The van der Waals surface area contributed by atoms with Crippen LogP contribution in [0.3, 0.4) is 0 Å². The highest BCUT2D eigenvalue weighted by Crippen LogP contribution is 2.21. The maximum atomic E-state index is 13.7. The molecule has 3 aromatic rings. The van der Waals surface area contributed by atoms with E-state index >= 15 is 0 Å². The normalized spacial score (nSPS) is 12.8. The number of hydrazine groups is 1. The Bertz CT molecular complexity index is 1460. The molecule has 234 valence electrons. The zero-order valence-electron chi connectivity index (χ0n) is 25.3. The summed E-state index contributed by atoms with van der Waals surface area (Å²) in [6, 6.07) is 25.8. The van der Waals surface area contributed by atoms with Gasteiger partial charge in [-0.15, -0.1) is 12.3 Å². The van der Waals surface area contributed by atoms with Crippen LogP contribution < -0.4 is 10.7 Å². The molecular weight excluding hydrogens is 576 g/mol. The Balaban J connectivity index is 1.91. The zero-order valence-corrected chi connectivity index (χ0v) is 26.1. The fourth-order valence-corrected chi connectivity index (χ4v) is 6.37. The third-order valence-corrected chi connectivity index (χ3v) is 8.70. The maximum absolute atomic E-state index is 13.7. The van der Waals surface area contributed by atoms with Gasteiger partial charge in [-0.25, -0.2) is 13.4 Å². The molecule has 44 heavy (non-hydrogen) atoms. The molecule has 0 saturated carbocycles. The second kappa shape index (κ2) is 17.3. The SMILES string of the molecule is C#CCCC(=O)N(NC(=O)CNCc1ccccc1)[C@@H](Cc1ccccc1)[C@H](O)CN(CC(C)C)S(=O)(=O)c1ccccc1. The van der Waals surface area contributed by atoms with Crippen LogP contribution in [0.2, 0.25) is 0 Å². The highest BCUT2D eigenvalue weighted by Gasteiger charge is 2.35. The van der Waals surface area contributed by atoms with Crippen molar-refractivity contribution < 1.29 is 23.1 Å². The number of aliphatic hydroxyl groups excluding tert-OH is 1. The fraction of sp³-hybridized carbons (Fsp3) is 0.353. The van der Waals surface area contributed by atoms with Crippen molar-refractivity contribution in [3.8, 4) is 12.3 Å².